The fourth-order valence-corrected chi connectivity index (χ4v) is 2.40. The monoisotopic (exact) mass is 352 g/mol. The molecule has 0 aliphatic heterocycles. The second kappa shape index (κ2) is 4.87. The van der Waals surface area contributed by atoms with Crippen LogP contribution in [0.3, 0.4) is 0 Å². The van der Waals surface area contributed by atoms with Gasteiger partial charge in [-0.3, -0.25) is 0 Å². The molecule has 0 radical (unpaired) electrons. The largest absolute Gasteiger partial charge is 0.327 e. The van der Waals surface area contributed by atoms with Crippen molar-refractivity contribution in [3.8, 4) is 0 Å². The molecule has 1 aromatic carbocycles. The van der Waals surface area contributed by atoms with Gasteiger partial charge in [-0.05, 0) is 35.1 Å². The Bertz CT molecular complexity index is 524. The van der Waals surface area contributed by atoms with Gasteiger partial charge in [-0.25, -0.2) is 9.37 Å². The van der Waals surface area contributed by atoms with E-state index in [1.54, 1.807) is 6.07 Å². The number of hydrogen-bond donors (Lipinski definition) is 0. The number of benzene rings is 1. The van der Waals surface area contributed by atoms with Crippen LogP contribution in [-0.4, -0.2) is 9.55 Å². The Balaban J connectivity index is 2.69. The van der Waals surface area contributed by atoms with Crippen LogP contribution in [0.4, 0.5) is 4.39 Å². The fourth-order valence-electron chi connectivity index (χ4n) is 1.75. The van der Waals surface area contributed by atoms with Crippen molar-refractivity contribution in [3.05, 3.63) is 27.3 Å². The second-order valence-electron chi connectivity index (χ2n) is 3.57. The summed E-state index contributed by atoms with van der Waals surface area (Å²) in [7, 11) is 0. The number of imidazole rings is 1. The van der Waals surface area contributed by atoms with Gasteiger partial charge in [0.2, 0.25) is 0 Å². The molecule has 2 rings (SSSR count). The summed E-state index contributed by atoms with van der Waals surface area (Å²) >= 11 is 7.81. The standard InChI is InChI=1S/C11H11ClFIN2/c1-2-3-16-10-4-7(13)8(14)5-9(10)15-11(16)6-12/h4-5H,2-3,6H2,1H3. The van der Waals surface area contributed by atoms with E-state index in [1.165, 1.54) is 6.07 Å². The van der Waals surface area contributed by atoms with Crippen molar-refractivity contribution in [2.75, 3.05) is 0 Å². The second-order valence-corrected chi connectivity index (χ2v) is 5.00. The summed E-state index contributed by atoms with van der Waals surface area (Å²) in [5, 5.41) is 0. The molecule has 1 heterocycles. The number of aryl methyl sites for hydroxylation is 1. The Labute approximate surface area is 112 Å². The molecule has 0 amide bonds. The van der Waals surface area contributed by atoms with E-state index in [0.29, 0.717) is 9.45 Å². The van der Waals surface area contributed by atoms with E-state index in [4.69, 9.17) is 11.6 Å². The van der Waals surface area contributed by atoms with E-state index in [0.717, 1.165) is 29.8 Å². The molecule has 2 nitrogen and oxygen atoms in total. The Hall–Kier alpha value is -0.360. The van der Waals surface area contributed by atoms with Crippen LogP contribution >= 0.6 is 34.2 Å². The number of nitrogens with zero attached hydrogens (tertiary/aromatic N) is 2. The molecule has 0 aliphatic carbocycles. The molecule has 5 heteroatoms. The number of halogens is 3. The number of rotatable bonds is 3. The van der Waals surface area contributed by atoms with E-state index < -0.39 is 0 Å². The highest BCUT2D eigenvalue weighted by Gasteiger charge is 2.12. The smallest absolute Gasteiger partial charge is 0.138 e. The molecule has 0 bridgehead atoms. The van der Waals surface area contributed by atoms with Crippen LogP contribution < -0.4 is 0 Å². The molecular formula is C11H11ClFIN2. The van der Waals surface area contributed by atoms with Crippen LogP contribution in [0, 0.1) is 9.39 Å². The molecule has 2 aromatic rings. The van der Waals surface area contributed by atoms with Crippen molar-refractivity contribution >= 4 is 45.2 Å². The van der Waals surface area contributed by atoms with E-state index >= 15 is 0 Å². The summed E-state index contributed by atoms with van der Waals surface area (Å²) in [6.45, 7) is 2.89. The SMILES string of the molecule is CCCn1c(CCl)nc2cc(I)c(F)cc21. The van der Waals surface area contributed by atoms with Crippen LogP contribution in [0.5, 0.6) is 0 Å². The van der Waals surface area contributed by atoms with Gasteiger partial charge >= 0.3 is 0 Å². The first-order valence-electron chi connectivity index (χ1n) is 5.07. The van der Waals surface area contributed by atoms with Gasteiger partial charge in [0.15, 0.2) is 0 Å². The highest BCUT2D eigenvalue weighted by atomic mass is 127. The minimum Gasteiger partial charge on any atom is -0.327 e. The van der Waals surface area contributed by atoms with E-state index in [2.05, 4.69) is 11.9 Å². The van der Waals surface area contributed by atoms with Crippen LogP contribution in [-0.2, 0) is 12.4 Å². The van der Waals surface area contributed by atoms with Gasteiger partial charge in [0.25, 0.3) is 0 Å². The quantitative estimate of drug-likeness (QED) is 0.604. The van der Waals surface area contributed by atoms with Crippen molar-refractivity contribution in [2.45, 2.75) is 25.8 Å². The lowest BCUT2D eigenvalue weighted by atomic mass is 10.3. The fraction of sp³-hybridized carbons (Fsp3) is 0.364. The van der Waals surface area contributed by atoms with Crippen LogP contribution in [0.2, 0.25) is 0 Å². The lowest BCUT2D eigenvalue weighted by molar-refractivity contribution is 0.619. The maximum atomic E-state index is 13.5. The maximum absolute atomic E-state index is 13.5. The van der Waals surface area contributed by atoms with Gasteiger partial charge in [-0.1, -0.05) is 6.92 Å². The lowest BCUT2D eigenvalue weighted by Crippen LogP contribution is -2.01. The lowest BCUT2D eigenvalue weighted by Gasteiger charge is -2.05. The molecule has 86 valence electrons. The molecule has 1 aromatic heterocycles. The summed E-state index contributed by atoms with van der Waals surface area (Å²) in [6, 6.07) is 3.29. The van der Waals surface area contributed by atoms with Crippen molar-refractivity contribution < 1.29 is 4.39 Å². The zero-order valence-electron chi connectivity index (χ0n) is 8.80. The number of hydrogen-bond acceptors (Lipinski definition) is 1. The average molecular weight is 353 g/mol. The molecule has 0 spiro atoms. The third-order valence-corrected chi connectivity index (χ3v) is 3.50. The van der Waals surface area contributed by atoms with Gasteiger partial charge < -0.3 is 4.57 Å². The van der Waals surface area contributed by atoms with Gasteiger partial charge in [-0.15, -0.1) is 11.6 Å². The first-order valence-corrected chi connectivity index (χ1v) is 6.68. The van der Waals surface area contributed by atoms with E-state index in [-0.39, 0.29) is 5.82 Å². The Morgan fingerprint density at radius 3 is 2.88 bits per heavy atom. The molecule has 0 unspecified atom stereocenters. The molecule has 0 saturated carbocycles. The topological polar surface area (TPSA) is 17.8 Å². The summed E-state index contributed by atoms with van der Waals surface area (Å²) in [5.74, 6) is 0.957. The van der Waals surface area contributed by atoms with Crippen molar-refractivity contribution in [3.63, 3.8) is 0 Å². The minimum absolute atomic E-state index is 0.202. The van der Waals surface area contributed by atoms with Gasteiger partial charge in [0.1, 0.15) is 11.6 Å². The molecule has 0 N–H and O–H groups in total. The summed E-state index contributed by atoms with van der Waals surface area (Å²) < 4.78 is 16.1. The highest BCUT2D eigenvalue weighted by molar-refractivity contribution is 14.1. The van der Waals surface area contributed by atoms with E-state index in [9.17, 15) is 4.39 Å². The Kier molecular flexibility index (Phi) is 3.69. The molecule has 0 aliphatic rings. The van der Waals surface area contributed by atoms with Crippen molar-refractivity contribution in [1.82, 2.24) is 9.55 Å². The van der Waals surface area contributed by atoms with Gasteiger partial charge in [-0.2, -0.15) is 0 Å². The molecule has 0 fully saturated rings. The number of fused-ring (bicyclic) bond motifs is 1. The highest BCUT2D eigenvalue weighted by Crippen LogP contribution is 2.22. The average Bonchev–Trinajstić information content (AvgIpc) is 2.58. The van der Waals surface area contributed by atoms with Crippen LogP contribution in [0.25, 0.3) is 11.0 Å². The van der Waals surface area contributed by atoms with Gasteiger partial charge in [0.05, 0.1) is 20.5 Å². The van der Waals surface area contributed by atoms with Crippen molar-refractivity contribution in [2.24, 2.45) is 0 Å². The number of alkyl halides is 1. The maximum Gasteiger partial charge on any atom is 0.138 e. The van der Waals surface area contributed by atoms with Crippen LogP contribution in [0.15, 0.2) is 12.1 Å². The van der Waals surface area contributed by atoms with Crippen LogP contribution in [0.1, 0.15) is 19.2 Å². The van der Waals surface area contributed by atoms with Gasteiger partial charge in [0, 0.05) is 12.6 Å². The minimum atomic E-state index is -0.202. The first kappa shape index (κ1) is 12.1. The Morgan fingerprint density at radius 2 is 2.25 bits per heavy atom. The molecule has 0 saturated heterocycles. The normalized spacial score (nSPS) is 11.2. The molecular weight excluding hydrogens is 341 g/mol. The predicted molar refractivity (Wildman–Crippen MR) is 72.3 cm³/mol. The summed E-state index contributed by atoms with van der Waals surface area (Å²) in [6.07, 6.45) is 0.975. The zero-order chi connectivity index (χ0) is 11.7. The summed E-state index contributed by atoms with van der Waals surface area (Å²) in [4.78, 5) is 4.41. The molecule has 0 atom stereocenters. The first-order chi connectivity index (χ1) is 7.67. The number of aromatic nitrogens is 2. The van der Waals surface area contributed by atoms with Crippen molar-refractivity contribution in [1.29, 1.82) is 0 Å². The third kappa shape index (κ3) is 2.05. The predicted octanol–water partition coefficient (Wildman–Crippen LogP) is 3.93. The Morgan fingerprint density at radius 1 is 1.50 bits per heavy atom. The third-order valence-electron chi connectivity index (χ3n) is 2.44. The zero-order valence-corrected chi connectivity index (χ0v) is 11.7. The van der Waals surface area contributed by atoms with E-state index in [1.807, 2.05) is 27.2 Å². The molecule has 16 heavy (non-hydrogen) atoms. The summed E-state index contributed by atoms with van der Waals surface area (Å²) in [5.41, 5.74) is 1.64.